The number of benzene rings is 2. The molecule has 2 aliphatic heterocycles. The maximum absolute atomic E-state index is 11.9. The standard InChI is InChI=1S/C23H22N4O3/c28-22-2-1-12-24-27(22)20-9-5-17(6-10-20)16-3-7-19(8-4-16)26-13-11-18-14-25(23(29)30)15-21(18)26/h1-10,12,18,21H,11,13-15H2,(H,29,30)/t18-,21+/m1/s1. The highest BCUT2D eigenvalue weighted by Gasteiger charge is 2.42. The van der Waals surface area contributed by atoms with Crippen LogP contribution in [0.2, 0.25) is 0 Å². The topological polar surface area (TPSA) is 78.7 Å². The third-order valence-corrected chi connectivity index (χ3v) is 6.18. The molecule has 0 bridgehead atoms. The van der Waals surface area contributed by atoms with Gasteiger partial charge in [-0.25, -0.2) is 4.79 Å². The first-order chi connectivity index (χ1) is 14.6. The number of likely N-dealkylation sites (tertiary alicyclic amines) is 1. The molecule has 152 valence electrons. The van der Waals surface area contributed by atoms with Crippen molar-refractivity contribution in [3.8, 4) is 16.8 Å². The molecule has 5 rings (SSSR count). The number of aromatic nitrogens is 2. The van der Waals surface area contributed by atoms with Crippen molar-refractivity contribution in [1.29, 1.82) is 0 Å². The molecule has 2 saturated heterocycles. The minimum absolute atomic E-state index is 0.160. The molecule has 2 atom stereocenters. The molecule has 0 spiro atoms. The van der Waals surface area contributed by atoms with Gasteiger partial charge in [0.15, 0.2) is 0 Å². The highest BCUT2D eigenvalue weighted by molar-refractivity contribution is 5.68. The van der Waals surface area contributed by atoms with Crippen molar-refractivity contribution in [3.63, 3.8) is 0 Å². The minimum atomic E-state index is -0.823. The second-order valence-electron chi connectivity index (χ2n) is 7.86. The van der Waals surface area contributed by atoms with Gasteiger partial charge in [-0.2, -0.15) is 9.78 Å². The SMILES string of the molecule is O=C(O)N1C[C@H]2CCN(c3ccc(-c4ccc(-n5ncccc5=O)cc4)cc3)[C@H]2C1. The molecule has 7 heteroatoms. The average molecular weight is 402 g/mol. The van der Waals surface area contributed by atoms with Crippen molar-refractivity contribution in [2.24, 2.45) is 5.92 Å². The van der Waals surface area contributed by atoms with E-state index >= 15 is 0 Å². The van der Waals surface area contributed by atoms with E-state index in [1.54, 1.807) is 12.3 Å². The number of carboxylic acid groups (broad SMARTS) is 1. The number of fused-ring (bicyclic) bond motifs is 1. The van der Waals surface area contributed by atoms with Gasteiger partial charge in [-0.15, -0.1) is 0 Å². The molecule has 7 nitrogen and oxygen atoms in total. The van der Waals surface area contributed by atoms with Gasteiger partial charge in [0, 0.05) is 43.5 Å². The number of amides is 1. The van der Waals surface area contributed by atoms with Crippen LogP contribution in [0.3, 0.4) is 0 Å². The Morgan fingerprint density at radius 3 is 2.23 bits per heavy atom. The summed E-state index contributed by atoms with van der Waals surface area (Å²) in [6.45, 7) is 2.19. The van der Waals surface area contributed by atoms with Crippen LogP contribution in [-0.2, 0) is 0 Å². The summed E-state index contributed by atoms with van der Waals surface area (Å²) in [5, 5.41) is 13.4. The summed E-state index contributed by atoms with van der Waals surface area (Å²) in [6.07, 6.45) is 1.80. The first kappa shape index (κ1) is 18.4. The zero-order chi connectivity index (χ0) is 20.7. The van der Waals surface area contributed by atoms with Gasteiger partial charge in [-0.1, -0.05) is 24.3 Å². The Morgan fingerprint density at radius 2 is 1.60 bits per heavy atom. The Bertz CT molecular complexity index is 1120. The number of anilines is 1. The van der Waals surface area contributed by atoms with Crippen LogP contribution in [0.4, 0.5) is 10.5 Å². The van der Waals surface area contributed by atoms with E-state index < -0.39 is 6.09 Å². The number of rotatable bonds is 3. The van der Waals surface area contributed by atoms with Crippen molar-refractivity contribution in [1.82, 2.24) is 14.7 Å². The lowest BCUT2D eigenvalue weighted by Crippen LogP contribution is -2.36. The number of hydrogen-bond acceptors (Lipinski definition) is 4. The molecule has 3 aromatic rings. The fourth-order valence-electron chi connectivity index (χ4n) is 4.63. The number of nitrogens with zero attached hydrogens (tertiary/aromatic N) is 4. The maximum Gasteiger partial charge on any atom is 0.407 e. The van der Waals surface area contributed by atoms with Crippen LogP contribution in [-0.4, -0.2) is 51.6 Å². The Morgan fingerprint density at radius 1 is 0.933 bits per heavy atom. The predicted molar refractivity (Wildman–Crippen MR) is 114 cm³/mol. The largest absolute Gasteiger partial charge is 0.465 e. The first-order valence-electron chi connectivity index (χ1n) is 10.1. The fraction of sp³-hybridized carbons (Fsp3) is 0.261. The summed E-state index contributed by atoms with van der Waals surface area (Å²) in [4.78, 5) is 27.1. The van der Waals surface area contributed by atoms with Crippen molar-refractivity contribution >= 4 is 11.8 Å². The van der Waals surface area contributed by atoms with Crippen LogP contribution in [0, 0.1) is 5.92 Å². The summed E-state index contributed by atoms with van der Waals surface area (Å²) >= 11 is 0. The summed E-state index contributed by atoms with van der Waals surface area (Å²) < 4.78 is 1.37. The molecule has 0 saturated carbocycles. The second kappa shape index (κ2) is 7.33. The van der Waals surface area contributed by atoms with Gasteiger partial charge in [0.2, 0.25) is 0 Å². The molecule has 0 radical (unpaired) electrons. The molecule has 2 fully saturated rings. The summed E-state index contributed by atoms with van der Waals surface area (Å²) in [5.41, 5.74) is 3.86. The Balaban J connectivity index is 1.34. The van der Waals surface area contributed by atoms with Gasteiger partial charge in [0.05, 0.1) is 11.7 Å². The molecule has 2 aliphatic rings. The number of hydrogen-bond donors (Lipinski definition) is 1. The molecular weight excluding hydrogens is 380 g/mol. The number of carbonyl (C=O) groups is 1. The lowest BCUT2D eigenvalue weighted by Gasteiger charge is -2.26. The summed E-state index contributed by atoms with van der Waals surface area (Å²) in [5.74, 6) is 0.420. The van der Waals surface area contributed by atoms with Crippen molar-refractivity contribution in [2.75, 3.05) is 24.5 Å². The highest BCUT2D eigenvalue weighted by atomic mass is 16.4. The van der Waals surface area contributed by atoms with Gasteiger partial charge in [-0.3, -0.25) is 4.79 Å². The van der Waals surface area contributed by atoms with Crippen molar-refractivity contribution in [3.05, 3.63) is 77.2 Å². The highest BCUT2D eigenvalue weighted by Crippen LogP contribution is 2.35. The Labute approximate surface area is 173 Å². The van der Waals surface area contributed by atoms with Crippen LogP contribution in [0.1, 0.15) is 6.42 Å². The molecule has 3 heterocycles. The molecule has 1 amide bonds. The van der Waals surface area contributed by atoms with Crippen LogP contribution in [0.25, 0.3) is 16.8 Å². The lowest BCUT2D eigenvalue weighted by molar-refractivity contribution is 0.153. The van der Waals surface area contributed by atoms with Gasteiger partial charge < -0.3 is 14.9 Å². The Hall–Kier alpha value is -3.61. The van der Waals surface area contributed by atoms with E-state index in [4.69, 9.17) is 0 Å². The average Bonchev–Trinajstić information content (AvgIpc) is 3.36. The molecular formula is C23H22N4O3. The van der Waals surface area contributed by atoms with Crippen LogP contribution in [0.5, 0.6) is 0 Å². The monoisotopic (exact) mass is 402 g/mol. The van der Waals surface area contributed by atoms with Gasteiger partial charge >= 0.3 is 6.09 Å². The molecule has 0 aliphatic carbocycles. The van der Waals surface area contributed by atoms with E-state index in [1.165, 1.54) is 15.6 Å². The van der Waals surface area contributed by atoms with E-state index in [2.05, 4.69) is 34.3 Å². The summed E-state index contributed by atoms with van der Waals surface area (Å²) in [6, 6.07) is 19.5. The maximum atomic E-state index is 11.9. The van der Waals surface area contributed by atoms with E-state index in [1.807, 2.05) is 24.3 Å². The minimum Gasteiger partial charge on any atom is -0.465 e. The van der Waals surface area contributed by atoms with Crippen molar-refractivity contribution < 1.29 is 9.90 Å². The van der Waals surface area contributed by atoms with Crippen molar-refractivity contribution in [2.45, 2.75) is 12.5 Å². The van der Waals surface area contributed by atoms with E-state index in [0.29, 0.717) is 19.0 Å². The Kier molecular flexibility index (Phi) is 4.50. The normalized spacial score (nSPS) is 20.4. The van der Waals surface area contributed by atoms with Gasteiger partial charge in [0.1, 0.15) is 0 Å². The third kappa shape index (κ3) is 3.22. The quantitative estimate of drug-likeness (QED) is 0.728. The predicted octanol–water partition coefficient (Wildman–Crippen LogP) is 3.09. The smallest absolute Gasteiger partial charge is 0.407 e. The van der Waals surface area contributed by atoms with E-state index in [9.17, 15) is 14.7 Å². The summed E-state index contributed by atoms with van der Waals surface area (Å²) in [7, 11) is 0. The van der Waals surface area contributed by atoms with E-state index in [0.717, 1.165) is 35.5 Å². The molecule has 30 heavy (non-hydrogen) atoms. The fourth-order valence-corrected chi connectivity index (χ4v) is 4.63. The van der Waals surface area contributed by atoms with Crippen LogP contribution < -0.4 is 10.5 Å². The molecule has 0 unspecified atom stereocenters. The van der Waals surface area contributed by atoms with E-state index in [-0.39, 0.29) is 11.6 Å². The van der Waals surface area contributed by atoms with Gasteiger partial charge in [0.25, 0.3) is 5.56 Å². The van der Waals surface area contributed by atoms with Crippen LogP contribution >= 0.6 is 0 Å². The van der Waals surface area contributed by atoms with Gasteiger partial charge in [-0.05, 0) is 47.9 Å². The molecule has 1 N–H and O–H groups in total. The third-order valence-electron chi connectivity index (χ3n) is 6.18. The molecule has 1 aromatic heterocycles. The first-order valence-corrected chi connectivity index (χ1v) is 10.1. The van der Waals surface area contributed by atoms with Crippen LogP contribution in [0.15, 0.2) is 71.7 Å². The zero-order valence-corrected chi connectivity index (χ0v) is 16.4. The zero-order valence-electron chi connectivity index (χ0n) is 16.4. The second-order valence-corrected chi connectivity index (χ2v) is 7.86. The lowest BCUT2D eigenvalue weighted by atomic mass is 10.0. The molecule has 2 aromatic carbocycles.